The van der Waals surface area contributed by atoms with E-state index in [1.165, 1.54) is 36.3 Å². The largest absolute Gasteiger partial charge is 0.373 e. The molecule has 4 nitrogen and oxygen atoms in total. The number of fused-ring (bicyclic) bond motifs is 1. The van der Waals surface area contributed by atoms with E-state index in [-0.39, 0.29) is 0 Å². The average molecular weight is 325 g/mol. The molecule has 1 fully saturated rings. The Kier molecular flexibility index (Phi) is 4.42. The van der Waals surface area contributed by atoms with Crippen molar-refractivity contribution in [1.29, 1.82) is 0 Å². The fraction of sp³-hybridized carbons (Fsp3) is 0.550. The number of benzene rings is 1. The van der Waals surface area contributed by atoms with E-state index >= 15 is 0 Å². The van der Waals surface area contributed by atoms with Crippen molar-refractivity contribution in [3.8, 4) is 5.69 Å². The van der Waals surface area contributed by atoms with Crippen molar-refractivity contribution in [2.75, 3.05) is 19.6 Å². The molecule has 2 aromatic rings. The molecule has 0 radical (unpaired) electrons. The maximum atomic E-state index is 5.84. The second-order valence-electron chi connectivity index (χ2n) is 7.34. The minimum Gasteiger partial charge on any atom is -0.373 e. The summed E-state index contributed by atoms with van der Waals surface area (Å²) in [7, 11) is 0. The van der Waals surface area contributed by atoms with Crippen molar-refractivity contribution in [1.82, 2.24) is 14.7 Å². The molecule has 24 heavy (non-hydrogen) atoms. The predicted octanol–water partition coefficient (Wildman–Crippen LogP) is 3.40. The number of aromatic nitrogens is 2. The Morgan fingerprint density at radius 2 is 1.88 bits per heavy atom. The number of para-hydroxylation sites is 1. The standard InChI is InChI=1S/C20H27N3O/c1-15-13-22(14-16(2)24-15)11-10-17-8-9-20-19(17)12-21-23(20)18-6-4-3-5-7-18/h3-7,12,15-17H,8-11,13-14H2,1-2H3. The molecule has 2 heterocycles. The molecule has 4 heteroatoms. The molecule has 1 aliphatic carbocycles. The highest BCUT2D eigenvalue weighted by atomic mass is 16.5. The molecule has 0 bridgehead atoms. The minimum absolute atomic E-state index is 0.355. The van der Waals surface area contributed by atoms with Gasteiger partial charge in [0.15, 0.2) is 0 Å². The number of nitrogens with zero attached hydrogens (tertiary/aromatic N) is 3. The Bertz CT molecular complexity index is 671. The van der Waals surface area contributed by atoms with Crippen LogP contribution < -0.4 is 0 Å². The van der Waals surface area contributed by atoms with E-state index in [1.807, 2.05) is 0 Å². The number of morpholine rings is 1. The molecule has 128 valence electrons. The van der Waals surface area contributed by atoms with E-state index in [9.17, 15) is 0 Å². The van der Waals surface area contributed by atoms with Gasteiger partial charge in [-0.2, -0.15) is 5.10 Å². The predicted molar refractivity (Wildman–Crippen MR) is 95.7 cm³/mol. The molecule has 4 rings (SSSR count). The van der Waals surface area contributed by atoms with Gasteiger partial charge in [-0.05, 0) is 63.3 Å². The van der Waals surface area contributed by atoms with Crippen molar-refractivity contribution >= 4 is 0 Å². The van der Waals surface area contributed by atoms with Crippen LogP contribution >= 0.6 is 0 Å². The Labute approximate surface area is 144 Å². The average Bonchev–Trinajstić information content (AvgIpc) is 3.15. The first-order valence-electron chi connectivity index (χ1n) is 9.20. The molecule has 0 spiro atoms. The third-order valence-corrected chi connectivity index (χ3v) is 5.36. The van der Waals surface area contributed by atoms with Crippen molar-refractivity contribution in [2.24, 2.45) is 0 Å². The monoisotopic (exact) mass is 325 g/mol. The van der Waals surface area contributed by atoms with E-state index in [0.717, 1.165) is 19.5 Å². The summed E-state index contributed by atoms with van der Waals surface area (Å²) in [5.41, 5.74) is 4.05. The summed E-state index contributed by atoms with van der Waals surface area (Å²) in [4.78, 5) is 2.57. The first-order chi connectivity index (χ1) is 11.7. The number of ether oxygens (including phenoxy) is 1. The van der Waals surface area contributed by atoms with E-state index in [4.69, 9.17) is 4.74 Å². The van der Waals surface area contributed by atoms with Crippen LogP contribution in [-0.2, 0) is 11.2 Å². The zero-order valence-corrected chi connectivity index (χ0v) is 14.7. The summed E-state index contributed by atoms with van der Waals surface area (Å²) in [5.74, 6) is 0.658. The Hall–Kier alpha value is -1.65. The molecule has 1 aromatic carbocycles. The van der Waals surface area contributed by atoms with Crippen LogP contribution in [0.1, 0.15) is 43.9 Å². The Morgan fingerprint density at radius 3 is 2.62 bits per heavy atom. The van der Waals surface area contributed by atoms with Crippen molar-refractivity contribution in [3.05, 3.63) is 47.8 Å². The summed E-state index contributed by atoms with van der Waals surface area (Å²) < 4.78 is 7.97. The van der Waals surface area contributed by atoms with Gasteiger partial charge >= 0.3 is 0 Å². The molecule has 1 aromatic heterocycles. The van der Waals surface area contributed by atoms with Crippen molar-refractivity contribution < 1.29 is 4.74 Å². The van der Waals surface area contributed by atoms with E-state index in [0.29, 0.717) is 18.1 Å². The first-order valence-corrected chi connectivity index (χ1v) is 9.20. The van der Waals surface area contributed by atoms with Crippen LogP contribution in [0.3, 0.4) is 0 Å². The summed E-state index contributed by atoms with van der Waals surface area (Å²) in [6.07, 6.45) is 6.44. The van der Waals surface area contributed by atoms with E-state index in [2.05, 4.69) is 65.1 Å². The van der Waals surface area contributed by atoms with Gasteiger partial charge in [0.1, 0.15) is 0 Å². The second kappa shape index (κ2) is 6.69. The third kappa shape index (κ3) is 3.13. The van der Waals surface area contributed by atoms with E-state index in [1.54, 1.807) is 0 Å². The van der Waals surface area contributed by atoms with E-state index < -0.39 is 0 Å². The van der Waals surface area contributed by atoms with Gasteiger partial charge in [0.25, 0.3) is 0 Å². The molecule has 0 N–H and O–H groups in total. The molecule has 3 atom stereocenters. The Morgan fingerprint density at radius 1 is 1.12 bits per heavy atom. The zero-order valence-electron chi connectivity index (χ0n) is 14.7. The topological polar surface area (TPSA) is 30.3 Å². The highest BCUT2D eigenvalue weighted by Crippen LogP contribution is 2.36. The molecule has 1 aliphatic heterocycles. The van der Waals surface area contributed by atoms with Gasteiger partial charge in [0.2, 0.25) is 0 Å². The Balaban J connectivity index is 1.43. The third-order valence-electron chi connectivity index (χ3n) is 5.36. The first kappa shape index (κ1) is 15.9. The van der Waals surface area contributed by atoms with Crippen molar-refractivity contribution in [2.45, 2.75) is 51.2 Å². The number of hydrogen-bond donors (Lipinski definition) is 0. The summed E-state index contributed by atoms with van der Waals surface area (Å²) in [6.45, 7) is 7.65. The van der Waals surface area contributed by atoms with Crippen LogP contribution in [0.5, 0.6) is 0 Å². The molecular weight excluding hydrogens is 298 g/mol. The highest BCUT2D eigenvalue weighted by molar-refractivity contribution is 5.38. The number of hydrogen-bond acceptors (Lipinski definition) is 3. The molecule has 2 aliphatic rings. The van der Waals surface area contributed by atoms with Crippen LogP contribution in [0.25, 0.3) is 5.69 Å². The number of rotatable bonds is 4. The molecule has 0 amide bonds. The van der Waals surface area contributed by atoms with Gasteiger partial charge in [0, 0.05) is 18.8 Å². The highest BCUT2D eigenvalue weighted by Gasteiger charge is 2.28. The maximum absolute atomic E-state index is 5.84. The van der Waals surface area contributed by atoms with Crippen LogP contribution in [0, 0.1) is 0 Å². The van der Waals surface area contributed by atoms with Gasteiger partial charge in [0.05, 0.1) is 24.1 Å². The van der Waals surface area contributed by atoms with Gasteiger partial charge in [-0.1, -0.05) is 18.2 Å². The van der Waals surface area contributed by atoms with Crippen LogP contribution in [0.4, 0.5) is 0 Å². The van der Waals surface area contributed by atoms with Gasteiger partial charge in [-0.3, -0.25) is 4.90 Å². The lowest BCUT2D eigenvalue weighted by atomic mass is 10.00. The molecule has 0 saturated carbocycles. The van der Waals surface area contributed by atoms with Gasteiger partial charge < -0.3 is 4.74 Å². The van der Waals surface area contributed by atoms with Crippen LogP contribution in [-0.4, -0.2) is 46.5 Å². The summed E-state index contributed by atoms with van der Waals surface area (Å²) >= 11 is 0. The van der Waals surface area contributed by atoms with Crippen LogP contribution in [0.2, 0.25) is 0 Å². The van der Waals surface area contributed by atoms with Gasteiger partial charge in [-0.25, -0.2) is 4.68 Å². The summed E-state index contributed by atoms with van der Waals surface area (Å²) in [6, 6.07) is 10.5. The second-order valence-corrected chi connectivity index (χ2v) is 7.34. The SMILES string of the molecule is CC1CN(CCC2CCc3c2cnn3-c2ccccc2)CC(C)O1. The normalized spacial score (nSPS) is 27.3. The fourth-order valence-electron chi connectivity index (χ4n) is 4.34. The smallest absolute Gasteiger partial charge is 0.0678 e. The minimum atomic E-state index is 0.355. The summed E-state index contributed by atoms with van der Waals surface area (Å²) in [5, 5.41) is 4.66. The lowest BCUT2D eigenvalue weighted by Crippen LogP contribution is -2.45. The van der Waals surface area contributed by atoms with Crippen LogP contribution in [0.15, 0.2) is 36.5 Å². The van der Waals surface area contributed by atoms with Crippen molar-refractivity contribution in [3.63, 3.8) is 0 Å². The fourth-order valence-corrected chi connectivity index (χ4v) is 4.34. The maximum Gasteiger partial charge on any atom is 0.0678 e. The van der Waals surface area contributed by atoms with Gasteiger partial charge in [-0.15, -0.1) is 0 Å². The zero-order chi connectivity index (χ0) is 16.5. The molecule has 3 unspecified atom stereocenters. The lowest BCUT2D eigenvalue weighted by molar-refractivity contribution is -0.0684. The molecular formula is C20H27N3O. The lowest BCUT2D eigenvalue weighted by Gasteiger charge is -2.35. The molecule has 1 saturated heterocycles. The quantitative estimate of drug-likeness (QED) is 0.863.